The molecule has 0 saturated carbocycles. The zero-order chi connectivity index (χ0) is 19.8. The van der Waals surface area contributed by atoms with Crippen molar-refractivity contribution in [2.24, 2.45) is 0 Å². The molecule has 0 aromatic heterocycles. The molecular formula is C15H39N6O4P. The van der Waals surface area contributed by atoms with Crippen LogP contribution in [-0.4, -0.2) is 77.0 Å². The second-order valence-corrected chi connectivity index (χ2v) is 7.96. The van der Waals surface area contributed by atoms with Crippen molar-refractivity contribution in [1.29, 1.82) is 0 Å². The Balaban J connectivity index is 0.000000324. The smallest absolute Gasteiger partial charge is 0.0957 e. The van der Waals surface area contributed by atoms with Gasteiger partial charge in [0.25, 0.3) is 0 Å². The standard InChI is InChI=1S/3C5H12N2.H3O4P/c3*1-5-4-6-2-3-7-5;1-5(2,3)4/h3*5-7H,2-4H2,1H3;(H3,1,2,3,4). The Hall–Kier alpha value is -0.130. The van der Waals surface area contributed by atoms with E-state index in [4.69, 9.17) is 19.2 Å². The molecule has 3 aliphatic rings. The number of quaternary nitrogens is 3. The molecule has 158 valence electrons. The maximum atomic E-state index is 8.55. The van der Waals surface area contributed by atoms with Crippen molar-refractivity contribution < 1.29 is 35.2 Å². The Kier molecular flexibility index (Phi) is 15.8. The highest BCUT2D eigenvalue weighted by Gasteiger charge is 2.08. The Labute approximate surface area is 157 Å². The van der Waals surface area contributed by atoms with Crippen LogP contribution in [0.25, 0.3) is 0 Å². The van der Waals surface area contributed by atoms with Gasteiger partial charge >= 0.3 is 0 Å². The zero-order valence-corrected chi connectivity index (χ0v) is 17.3. The summed E-state index contributed by atoms with van der Waals surface area (Å²) in [4.78, 5) is 25.6. The van der Waals surface area contributed by atoms with Gasteiger partial charge in [0.15, 0.2) is 0 Å². The van der Waals surface area contributed by atoms with Gasteiger partial charge in [-0.1, -0.05) is 0 Å². The molecule has 0 spiro atoms. The molecule has 0 bridgehead atoms. The van der Waals surface area contributed by atoms with E-state index in [-0.39, 0.29) is 0 Å². The van der Waals surface area contributed by atoms with Crippen LogP contribution in [0.4, 0.5) is 0 Å². The van der Waals surface area contributed by atoms with Crippen LogP contribution >= 0.6 is 7.82 Å². The molecule has 3 rings (SSSR count). The maximum absolute atomic E-state index is 8.55. The second kappa shape index (κ2) is 15.9. The zero-order valence-electron chi connectivity index (χ0n) is 16.4. The lowest BCUT2D eigenvalue weighted by atomic mass is 10.3. The van der Waals surface area contributed by atoms with Crippen LogP contribution in [0.5, 0.6) is 0 Å². The molecular weight excluding hydrogens is 359 g/mol. The summed E-state index contributed by atoms with van der Waals surface area (Å²) in [5.41, 5.74) is 0. The Bertz CT molecular complexity index is 310. The summed E-state index contributed by atoms with van der Waals surface area (Å²) in [6, 6.07) is 2.40. The van der Waals surface area contributed by atoms with Crippen molar-refractivity contribution in [3.8, 4) is 0 Å². The molecule has 11 heteroatoms. The highest BCUT2D eigenvalue weighted by atomic mass is 31.2. The highest BCUT2D eigenvalue weighted by Crippen LogP contribution is 2.03. The van der Waals surface area contributed by atoms with E-state index < -0.39 is 7.82 Å². The first-order valence-corrected chi connectivity index (χ1v) is 11.0. The Morgan fingerprint density at radius 1 is 0.692 bits per heavy atom. The van der Waals surface area contributed by atoms with Crippen molar-refractivity contribution >= 4 is 7.82 Å². The van der Waals surface area contributed by atoms with Crippen molar-refractivity contribution in [1.82, 2.24) is 16.0 Å². The van der Waals surface area contributed by atoms with Crippen LogP contribution in [0.2, 0.25) is 0 Å². The van der Waals surface area contributed by atoms with Gasteiger partial charge in [-0.2, -0.15) is 7.82 Å². The van der Waals surface area contributed by atoms with Crippen LogP contribution in [-0.2, 0) is 4.57 Å². The molecule has 3 unspecified atom stereocenters. The maximum Gasteiger partial charge on any atom is 0.0957 e. The molecule has 3 heterocycles. The first-order chi connectivity index (χ1) is 12.2. The van der Waals surface area contributed by atoms with Crippen molar-refractivity contribution in [3.05, 3.63) is 0 Å². The molecule has 3 fully saturated rings. The molecule has 10 nitrogen and oxygen atoms in total. The normalized spacial score (nSPS) is 28.9. The van der Waals surface area contributed by atoms with Gasteiger partial charge in [0.2, 0.25) is 0 Å². The summed E-state index contributed by atoms with van der Waals surface area (Å²) in [7, 11) is -5.39. The molecule has 3 aliphatic heterocycles. The van der Waals surface area contributed by atoms with Gasteiger partial charge in [-0.3, -0.25) is 0 Å². The van der Waals surface area contributed by atoms with E-state index in [2.05, 4.69) is 52.7 Å². The minimum atomic E-state index is -5.39. The number of nitrogens with one attached hydrogen (secondary N) is 3. The summed E-state index contributed by atoms with van der Waals surface area (Å²) >= 11 is 0. The van der Waals surface area contributed by atoms with Crippen LogP contribution in [0.1, 0.15) is 20.8 Å². The minimum absolute atomic E-state index is 0.800. The number of piperazine rings is 3. The third-order valence-corrected chi connectivity index (χ3v) is 4.07. The van der Waals surface area contributed by atoms with Gasteiger partial charge in [-0.05, 0) is 20.8 Å². The van der Waals surface area contributed by atoms with Crippen LogP contribution < -0.4 is 46.6 Å². The molecule has 0 aromatic rings. The molecule has 0 aliphatic carbocycles. The molecule has 3 atom stereocenters. The summed E-state index contributed by atoms with van der Waals surface area (Å²) in [6.45, 7) is 17.6. The van der Waals surface area contributed by atoms with Crippen molar-refractivity contribution in [2.45, 2.75) is 38.9 Å². The molecule has 0 amide bonds. The summed E-state index contributed by atoms with van der Waals surface area (Å²) in [5.74, 6) is 0. The first kappa shape index (κ1) is 25.9. The van der Waals surface area contributed by atoms with Gasteiger partial charge in [-0.25, -0.2) is 0 Å². The Morgan fingerprint density at radius 2 is 0.923 bits per heavy atom. The fraction of sp³-hybridized carbons (Fsp3) is 1.00. The van der Waals surface area contributed by atoms with Crippen LogP contribution in [0.15, 0.2) is 0 Å². The third-order valence-electron chi connectivity index (χ3n) is 4.07. The van der Waals surface area contributed by atoms with Crippen LogP contribution in [0.3, 0.4) is 0 Å². The first-order valence-electron chi connectivity index (χ1n) is 9.53. The van der Waals surface area contributed by atoms with Gasteiger partial charge in [-0.15, -0.1) is 0 Å². The van der Waals surface area contributed by atoms with Crippen molar-refractivity contribution in [2.75, 3.05) is 58.9 Å². The van der Waals surface area contributed by atoms with E-state index in [1.165, 1.54) is 58.9 Å². The third kappa shape index (κ3) is 21.9. The molecule has 0 aromatic carbocycles. The van der Waals surface area contributed by atoms with E-state index in [9.17, 15) is 0 Å². The summed E-state index contributed by atoms with van der Waals surface area (Å²) in [5, 5.41) is 17.0. The number of hydrogen-bond acceptors (Lipinski definition) is 7. The molecule has 3 saturated heterocycles. The lowest BCUT2D eigenvalue weighted by Crippen LogP contribution is -2.94. The van der Waals surface area contributed by atoms with Crippen molar-refractivity contribution in [3.63, 3.8) is 0 Å². The van der Waals surface area contributed by atoms with Gasteiger partial charge < -0.3 is 51.1 Å². The fourth-order valence-electron chi connectivity index (χ4n) is 2.65. The lowest BCUT2D eigenvalue weighted by Gasteiger charge is -2.36. The number of nitrogens with two attached hydrogens (primary N) is 3. The van der Waals surface area contributed by atoms with Crippen LogP contribution in [0, 0.1) is 0 Å². The molecule has 26 heavy (non-hydrogen) atoms. The average molecular weight is 398 g/mol. The summed E-state index contributed by atoms with van der Waals surface area (Å²) in [6.07, 6.45) is 0. The van der Waals surface area contributed by atoms with E-state index in [1.54, 1.807) is 0 Å². The lowest BCUT2D eigenvalue weighted by molar-refractivity contribution is -0.689. The predicted molar refractivity (Wildman–Crippen MR) is 95.0 cm³/mol. The predicted octanol–water partition coefficient (Wildman–Crippen LogP) is -7.20. The molecule has 0 radical (unpaired) electrons. The topological polar surface area (TPSA) is 172 Å². The molecule has 9 N–H and O–H groups in total. The largest absolute Gasteiger partial charge is 0.822 e. The van der Waals surface area contributed by atoms with E-state index in [0.29, 0.717) is 0 Å². The monoisotopic (exact) mass is 398 g/mol. The number of phosphoric acid groups is 1. The highest BCUT2D eigenvalue weighted by molar-refractivity contribution is 7.40. The van der Waals surface area contributed by atoms with Gasteiger partial charge in [0.1, 0.15) is 0 Å². The summed E-state index contributed by atoms with van der Waals surface area (Å²) < 4.78 is 8.55. The van der Waals surface area contributed by atoms with E-state index >= 15 is 0 Å². The second-order valence-electron chi connectivity index (χ2n) is 7.06. The Morgan fingerprint density at radius 3 is 1.00 bits per heavy atom. The van der Waals surface area contributed by atoms with E-state index in [1.807, 2.05) is 0 Å². The number of hydrogen-bond donors (Lipinski definition) is 6. The van der Waals surface area contributed by atoms with Gasteiger partial charge in [0, 0.05) is 39.3 Å². The van der Waals surface area contributed by atoms with E-state index in [0.717, 1.165) is 18.1 Å². The average Bonchev–Trinajstić information content (AvgIpc) is 2.57. The minimum Gasteiger partial charge on any atom is -0.822 e. The fourth-order valence-corrected chi connectivity index (χ4v) is 2.65. The number of rotatable bonds is 0. The SMILES string of the molecule is CC1CNCC[NH2+]1.CC1CNCC[NH2+]1.CC1CNCC[NH2+]1.O=P([O-])([O-])[O-]. The van der Waals surface area contributed by atoms with Gasteiger partial charge in [0.05, 0.1) is 37.8 Å². The quantitative estimate of drug-likeness (QED) is 0.220.